The van der Waals surface area contributed by atoms with Crippen molar-refractivity contribution in [3.05, 3.63) is 39.9 Å². The first kappa shape index (κ1) is 28.4. The first-order valence-corrected chi connectivity index (χ1v) is 12.3. The summed E-state index contributed by atoms with van der Waals surface area (Å²) < 4.78 is 36.9. The Morgan fingerprint density at radius 1 is 1.22 bits per heavy atom. The molecule has 1 aromatic carbocycles. The summed E-state index contributed by atoms with van der Waals surface area (Å²) in [5, 5.41) is 10.9. The van der Waals surface area contributed by atoms with Crippen molar-refractivity contribution in [2.75, 3.05) is 6.61 Å². The van der Waals surface area contributed by atoms with Crippen molar-refractivity contribution < 1.29 is 38.0 Å². The summed E-state index contributed by atoms with van der Waals surface area (Å²) in [6, 6.07) is 5.11. The maximum atomic E-state index is 12.8. The van der Waals surface area contributed by atoms with E-state index in [2.05, 4.69) is 28.1 Å². The third-order valence-electron chi connectivity index (χ3n) is 6.17. The van der Waals surface area contributed by atoms with E-state index < -0.39 is 35.3 Å². The number of hydrogen-bond acceptors (Lipinski definition) is 11. The van der Waals surface area contributed by atoms with E-state index in [0.717, 1.165) is 6.29 Å². The molecule has 192 valence electrons. The number of benzene rings is 1. The molecule has 0 saturated carbocycles. The van der Waals surface area contributed by atoms with E-state index >= 15 is 0 Å². The van der Waals surface area contributed by atoms with Crippen molar-refractivity contribution in [2.24, 2.45) is 15.2 Å². The molecule has 1 aromatic rings. The third kappa shape index (κ3) is 7.22. The van der Waals surface area contributed by atoms with Gasteiger partial charge >= 0.3 is 193 Å². The molecule has 2 heterocycles. The number of non-ortho nitro benzene ring substituents is 1. The van der Waals surface area contributed by atoms with Gasteiger partial charge in [0.25, 0.3) is 5.69 Å². The molecule has 0 spiro atoms. The third-order valence-corrected chi connectivity index (χ3v) is 6.41. The molecule has 2 aliphatic heterocycles. The van der Waals surface area contributed by atoms with E-state index in [0.29, 0.717) is 19.4 Å². The molecule has 12 nitrogen and oxygen atoms in total. The van der Waals surface area contributed by atoms with E-state index in [9.17, 15) is 19.7 Å². The van der Waals surface area contributed by atoms with Crippen LogP contribution in [0.4, 0.5) is 5.69 Å². The van der Waals surface area contributed by atoms with E-state index in [1.54, 1.807) is 0 Å². The zero-order chi connectivity index (χ0) is 26.1. The fourth-order valence-corrected chi connectivity index (χ4v) is 4.64. The van der Waals surface area contributed by atoms with Crippen molar-refractivity contribution in [3.8, 4) is 0 Å². The number of ether oxygens (including phenoxy) is 3. The van der Waals surface area contributed by atoms with Gasteiger partial charge in [0.15, 0.2) is 0 Å². The van der Waals surface area contributed by atoms with E-state index in [-0.39, 0.29) is 35.8 Å². The fourth-order valence-electron chi connectivity index (χ4n) is 4.48. The van der Waals surface area contributed by atoms with Gasteiger partial charge in [-0.1, -0.05) is 0 Å². The minimum absolute atomic E-state index is 0.0238. The molecule has 0 amide bonds. The van der Waals surface area contributed by atoms with Gasteiger partial charge in [0.05, 0.1) is 4.92 Å². The summed E-state index contributed by atoms with van der Waals surface area (Å²) in [6.45, 7) is 2.23. The zero-order valence-corrected chi connectivity index (χ0v) is 21.9. The summed E-state index contributed by atoms with van der Waals surface area (Å²) >= 11 is 0. The molecular formula is C20H27B2N3O9P2. The second-order valence-corrected chi connectivity index (χ2v) is 8.96. The molecule has 16 heteroatoms. The van der Waals surface area contributed by atoms with Crippen molar-refractivity contribution in [1.82, 2.24) is 0 Å². The monoisotopic (exact) mass is 537 g/mol. The number of carbonyl (C=O) groups is 2. The van der Waals surface area contributed by atoms with Gasteiger partial charge in [-0.2, -0.15) is 0 Å². The van der Waals surface area contributed by atoms with Crippen LogP contribution in [-0.2, 0) is 28.3 Å². The van der Waals surface area contributed by atoms with Crippen molar-refractivity contribution in [1.29, 1.82) is 0 Å². The van der Waals surface area contributed by atoms with Crippen molar-refractivity contribution in [2.45, 2.75) is 62.8 Å². The van der Waals surface area contributed by atoms with E-state index in [1.807, 2.05) is 6.92 Å². The second kappa shape index (κ2) is 14.0. The molecule has 2 aliphatic rings. The number of rotatable bonds is 11. The van der Waals surface area contributed by atoms with Crippen molar-refractivity contribution in [3.63, 3.8) is 0 Å². The molecule has 3 rings (SSSR count). The number of hydrogen-bond donors (Lipinski definition) is 0. The fraction of sp³-hybridized carbons (Fsp3) is 0.600. The Morgan fingerprint density at radius 3 is 2.58 bits per heavy atom. The quantitative estimate of drug-likeness (QED) is 0.0789. The summed E-state index contributed by atoms with van der Waals surface area (Å²) in [5.74, 6) is -0.987. The first-order chi connectivity index (χ1) is 17.4. The van der Waals surface area contributed by atoms with Crippen LogP contribution in [0.15, 0.2) is 33.6 Å². The Balaban J connectivity index is 1.76. The van der Waals surface area contributed by atoms with Crippen LogP contribution in [0, 0.1) is 16.0 Å². The van der Waals surface area contributed by atoms with Crippen molar-refractivity contribution >= 4 is 51.3 Å². The van der Waals surface area contributed by atoms with Crippen LogP contribution >= 0.6 is 18.8 Å². The number of esters is 1. The molecule has 0 N–H and O–H groups in total. The maximum absolute atomic E-state index is 12.8. The Bertz CT molecular complexity index is 972. The number of nitrogens with zero attached hydrogens (tertiary/aromatic N) is 3. The standard InChI is InChI=1S/C20H27B2N3O9P2/c1-11-18(33-20(27)12-2-4-13(5-3-12)25(28)29)15(6-8-26)31-17-10-16(34-22-24-36)14(32-19(11)17)7-9-30-21-23-35/h2-5,8,11,14-19H,6-7,9-10,35-36H2,1H3/t11-,14-,15+,16-,17+,18-,19+/m1/s1. The van der Waals surface area contributed by atoms with E-state index in [1.165, 1.54) is 38.8 Å². The van der Waals surface area contributed by atoms with Crippen LogP contribution in [0.3, 0.4) is 0 Å². The average molecular weight is 537 g/mol. The summed E-state index contributed by atoms with van der Waals surface area (Å²) in [7, 11) is 7.02. The molecule has 2 unspecified atom stereocenters. The summed E-state index contributed by atoms with van der Waals surface area (Å²) in [5.41, 5.74) is 0.0148. The number of nitro benzene ring substituents is 1. The molecular weight excluding hydrogens is 510 g/mol. The molecule has 0 radical (unpaired) electrons. The van der Waals surface area contributed by atoms with Crippen LogP contribution in [0.2, 0.25) is 0 Å². The van der Waals surface area contributed by atoms with E-state index in [4.69, 9.17) is 23.5 Å². The Labute approximate surface area is 214 Å². The molecule has 9 atom stereocenters. The topological polar surface area (TPSA) is 148 Å². The van der Waals surface area contributed by atoms with Gasteiger partial charge in [-0.3, -0.25) is 10.1 Å². The second-order valence-electron chi connectivity index (χ2n) is 8.37. The van der Waals surface area contributed by atoms with Gasteiger partial charge < -0.3 is 0 Å². The Kier molecular flexibility index (Phi) is 11.0. The number of nitro groups is 1. The number of fused-ring (bicyclic) bond motifs is 1. The molecule has 0 aliphatic carbocycles. The minimum atomic E-state index is -0.772. The van der Waals surface area contributed by atoms with Gasteiger partial charge in [0.1, 0.15) is 0 Å². The van der Waals surface area contributed by atoms with Crippen LogP contribution in [0.5, 0.6) is 0 Å². The number of carbonyl (C=O) groups excluding carboxylic acids is 2. The summed E-state index contributed by atoms with van der Waals surface area (Å²) in [4.78, 5) is 34.6. The van der Waals surface area contributed by atoms with Crippen LogP contribution in [0.25, 0.3) is 0 Å². The molecule has 0 aromatic heterocycles. The van der Waals surface area contributed by atoms with Gasteiger partial charge in [-0.05, 0) is 0 Å². The SMILES string of the molecule is C[C@@H]1[C@@H](OC(=O)c2ccc([N+](=O)[O-])cc2)[C@H](CC=O)O[C@H]2C[C@@H](OB=NP)[C@@H](CCOB=NP)O[C@@H]12. The predicted octanol–water partition coefficient (Wildman–Crippen LogP) is 2.25. The predicted molar refractivity (Wildman–Crippen MR) is 135 cm³/mol. The van der Waals surface area contributed by atoms with Gasteiger partial charge in [-0.15, -0.1) is 0 Å². The first-order valence-electron chi connectivity index (χ1n) is 11.3. The van der Waals surface area contributed by atoms with Crippen LogP contribution in [-0.4, -0.2) is 75.0 Å². The van der Waals surface area contributed by atoms with Gasteiger partial charge in [-0.25, -0.2) is 0 Å². The van der Waals surface area contributed by atoms with Crippen LogP contribution in [0.1, 0.15) is 36.5 Å². The Morgan fingerprint density at radius 2 is 1.94 bits per heavy atom. The zero-order valence-electron chi connectivity index (χ0n) is 19.6. The molecule has 2 fully saturated rings. The Hall–Kier alpha value is -2.13. The van der Waals surface area contributed by atoms with Gasteiger partial charge in [0, 0.05) is 0 Å². The number of aldehydes is 1. The van der Waals surface area contributed by atoms with Gasteiger partial charge in [0.2, 0.25) is 0 Å². The van der Waals surface area contributed by atoms with Crippen LogP contribution < -0.4 is 0 Å². The molecule has 36 heavy (non-hydrogen) atoms. The normalized spacial score (nSPS) is 29.6. The molecule has 0 bridgehead atoms. The average Bonchev–Trinajstić information content (AvgIpc) is 2.87. The molecule has 2 saturated heterocycles. The summed E-state index contributed by atoms with van der Waals surface area (Å²) in [6.07, 6.45) is -1.28.